The SMILES string of the molecule is c1ccc(-n2c3ccccc3c3c(-c4cccc5c4c4ccccc4n5-c4c5ccccc5cc5ccccc45)cccc32)cc1. The highest BCUT2D eigenvalue weighted by atomic mass is 15.0. The van der Waals surface area contributed by atoms with Crippen molar-refractivity contribution in [3.8, 4) is 22.5 Å². The zero-order chi connectivity index (χ0) is 30.2. The Bertz CT molecular complexity index is 2740. The largest absolute Gasteiger partial charge is 0.309 e. The van der Waals surface area contributed by atoms with Gasteiger partial charge in [-0.3, -0.25) is 0 Å². The molecule has 214 valence electrons. The van der Waals surface area contributed by atoms with Gasteiger partial charge in [-0.05, 0) is 64.4 Å². The van der Waals surface area contributed by atoms with E-state index in [0.29, 0.717) is 0 Å². The van der Waals surface area contributed by atoms with Gasteiger partial charge in [-0.15, -0.1) is 0 Å². The third kappa shape index (κ3) is 3.47. The third-order valence-corrected chi connectivity index (χ3v) is 9.67. The molecule has 10 aromatic rings. The summed E-state index contributed by atoms with van der Waals surface area (Å²) in [7, 11) is 0. The van der Waals surface area contributed by atoms with Crippen LogP contribution in [0, 0.1) is 0 Å². The first-order valence-corrected chi connectivity index (χ1v) is 15.9. The molecule has 10 rings (SSSR count). The van der Waals surface area contributed by atoms with Gasteiger partial charge >= 0.3 is 0 Å². The lowest BCUT2D eigenvalue weighted by atomic mass is 9.95. The van der Waals surface area contributed by atoms with Crippen molar-refractivity contribution in [3.63, 3.8) is 0 Å². The summed E-state index contributed by atoms with van der Waals surface area (Å²) in [5.74, 6) is 0. The van der Waals surface area contributed by atoms with Crippen LogP contribution in [0.2, 0.25) is 0 Å². The van der Waals surface area contributed by atoms with E-state index in [9.17, 15) is 0 Å². The van der Waals surface area contributed by atoms with Crippen LogP contribution in [0.1, 0.15) is 0 Å². The van der Waals surface area contributed by atoms with Crippen LogP contribution in [-0.4, -0.2) is 9.13 Å². The molecule has 0 fully saturated rings. The van der Waals surface area contributed by atoms with E-state index in [1.165, 1.54) is 87.7 Å². The van der Waals surface area contributed by atoms with Crippen molar-refractivity contribution in [3.05, 3.63) is 170 Å². The van der Waals surface area contributed by atoms with Gasteiger partial charge in [0, 0.05) is 38.0 Å². The molecule has 2 heteroatoms. The second-order valence-electron chi connectivity index (χ2n) is 12.1. The fourth-order valence-corrected chi connectivity index (χ4v) is 7.81. The van der Waals surface area contributed by atoms with E-state index < -0.39 is 0 Å². The number of hydrogen-bond acceptors (Lipinski definition) is 0. The summed E-state index contributed by atoms with van der Waals surface area (Å²) >= 11 is 0. The van der Waals surface area contributed by atoms with E-state index in [1.807, 2.05) is 0 Å². The Balaban J connectivity index is 1.37. The van der Waals surface area contributed by atoms with Crippen LogP contribution >= 0.6 is 0 Å². The van der Waals surface area contributed by atoms with Gasteiger partial charge in [0.2, 0.25) is 0 Å². The number of para-hydroxylation sites is 3. The monoisotopic (exact) mass is 584 g/mol. The molecular weight excluding hydrogens is 556 g/mol. The van der Waals surface area contributed by atoms with Crippen LogP contribution in [0.5, 0.6) is 0 Å². The quantitative estimate of drug-likeness (QED) is 0.183. The lowest BCUT2D eigenvalue weighted by molar-refractivity contribution is 1.18. The summed E-state index contributed by atoms with van der Waals surface area (Å²) in [5, 5.41) is 10.1. The fourth-order valence-electron chi connectivity index (χ4n) is 7.81. The van der Waals surface area contributed by atoms with Gasteiger partial charge in [0.25, 0.3) is 0 Å². The van der Waals surface area contributed by atoms with E-state index in [1.54, 1.807) is 0 Å². The topological polar surface area (TPSA) is 9.86 Å². The van der Waals surface area contributed by atoms with E-state index in [2.05, 4.69) is 179 Å². The van der Waals surface area contributed by atoms with E-state index in [4.69, 9.17) is 0 Å². The Morgan fingerprint density at radius 3 is 1.33 bits per heavy atom. The Hall–Kier alpha value is -6.12. The molecular formula is C44H28N2. The molecule has 0 saturated carbocycles. The second-order valence-corrected chi connectivity index (χ2v) is 12.1. The molecule has 46 heavy (non-hydrogen) atoms. The Kier molecular flexibility index (Phi) is 5.31. The number of nitrogens with zero attached hydrogens (tertiary/aromatic N) is 2. The molecule has 0 unspecified atom stereocenters. The number of benzene rings is 8. The molecule has 0 atom stereocenters. The Morgan fingerprint density at radius 1 is 0.304 bits per heavy atom. The molecule has 0 N–H and O–H groups in total. The fraction of sp³-hybridized carbons (Fsp3) is 0. The van der Waals surface area contributed by atoms with Gasteiger partial charge in [0.1, 0.15) is 0 Å². The van der Waals surface area contributed by atoms with E-state index >= 15 is 0 Å². The smallest absolute Gasteiger partial charge is 0.0618 e. The summed E-state index contributed by atoms with van der Waals surface area (Å²) in [6.45, 7) is 0. The molecule has 0 aliphatic heterocycles. The van der Waals surface area contributed by atoms with Gasteiger partial charge in [-0.2, -0.15) is 0 Å². The predicted molar refractivity (Wildman–Crippen MR) is 196 cm³/mol. The Labute approximate surface area is 266 Å². The maximum Gasteiger partial charge on any atom is 0.0618 e. The van der Waals surface area contributed by atoms with Crippen LogP contribution in [0.25, 0.3) is 87.7 Å². The number of hydrogen-bond donors (Lipinski definition) is 0. The minimum atomic E-state index is 1.17. The molecule has 0 radical (unpaired) electrons. The highest BCUT2D eigenvalue weighted by Gasteiger charge is 2.22. The van der Waals surface area contributed by atoms with Crippen LogP contribution in [-0.2, 0) is 0 Å². The van der Waals surface area contributed by atoms with Crippen molar-refractivity contribution in [2.24, 2.45) is 0 Å². The molecule has 0 bridgehead atoms. The Morgan fingerprint density at radius 2 is 0.739 bits per heavy atom. The van der Waals surface area contributed by atoms with Crippen molar-refractivity contribution < 1.29 is 0 Å². The normalized spacial score (nSPS) is 11.9. The van der Waals surface area contributed by atoms with Crippen molar-refractivity contribution in [2.75, 3.05) is 0 Å². The summed E-state index contributed by atoms with van der Waals surface area (Å²) in [6.07, 6.45) is 0. The van der Waals surface area contributed by atoms with Gasteiger partial charge in [-0.25, -0.2) is 0 Å². The zero-order valence-corrected chi connectivity index (χ0v) is 25.1. The molecule has 0 aliphatic carbocycles. The first-order chi connectivity index (χ1) is 22.9. The first kappa shape index (κ1) is 25.2. The lowest BCUT2D eigenvalue weighted by Gasteiger charge is -2.16. The maximum absolute atomic E-state index is 2.51. The van der Waals surface area contributed by atoms with Crippen molar-refractivity contribution in [1.82, 2.24) is 9.13 Å². The maximum atomic E-state index is 2.51. The average Bonchev–Trinajstić information content (AvgIpc) is 3.64. The van der Waals surface area contributed by atoms with Crippen molar-refractivity contribution in [1.29, 1.82) is 0 Å². The second kappa shape index (κ2) is 9.69. The van der Waals surface area contributed by atoms with E-state index in [-0.39, 0.29) is 0 Å². The van der Waals surface area contributed by atoms with Crippen LogP contribution in [0.4, 0.5) is 0 Å². The van der Waals surface area contributed by atoms with Crippen molar-refractivity contribution in [2.45, 2.75) is 0 Å². The number of fused-ring (bicyclic) bond motifs is 8. The molecule has 0 aliphatic rings. The predicted octanol–water partition coefficient (Wildman–Crippen LogP) is 11.9. The van der Waals surface area contributed by atoms with Gasteiger partial charge in [0.15, 0.2) is 0 Å². The summed E-state index contributed by atoms with van der Waals surface area (Å²) in [4.78, 5) is 0. The molecule has 2 heterocycles. The molecule has 0 spiro atoms. The van der Waals surface area contributed by atoms with Crippen molar-refractivity contribution >= 4 is 65.2 Å². The standard InChI is InChI=1S/C44H28N2/c1-2-16-31(17-3-1)45-38-24-10-8-20-36(38)42-34(22-12-26-40(42)45)35-23-13-27-41-43(35)37-21-9-11-25-39(37)46(41)44-32-18-6-4-14-29(32)28-30-15-5-7-19-33(30)44/h1-28H. The lowest BCUT2D eigenvalue weighted by Crippen LogP contribution is -1.97. The third-order valence-electron chi connectivity index (χ3n) is 9.67. The summed E-state index contributed by atoms with van der Waals surface area (Å²) in [6, 6.07) is 61.9. The van der Waals surface area contributed by atoms with Crippen LogP contribution < -0.4 is 0 Å². The first-order valence-electron chi connectivity index (χ1n) is 15.9. The molecule has 2 aromatic heterocycles. The summed E-state index contributed by atoms with van der Waals surface area (Å²) < 4.78 is 4.91. The molecule has 8 aromatic carbocycles. The molecule has 0 saturated heterocycles. The summed E-state index contributed by atoms with van der Waals surface area (Å²) in [5.41, 5.74) is 9.76. The minimum Gasteiger partial charge on any atom is -0.309 e. The van der Waals surface area contributed by atoms with Gasteiger partial charge in [0.05, 0.1) is 27.8 Å². The van der Waals surface area contributed by atoms with Crippen LogP contribution in [0.15, 0.2) is 170 Å². The molecule has 0 amide bonds. The number of rotatable bonds is 3. The average molecular weight is 585 g/mol. The van der Waals surface area contributed by atoms with E-state index in [0.717, 1.165) is 0 Å². The molecule has 2 nitrogen and oxygen atoms in total. The van der Waals surface area contributed by atoms with Gasteiger partial charge < -0.3 is 9.13 Å². The van der Waals surface area contributed by atoms with Gasteiger partial charge in [-0.1, -0.05) is 127 Å². The zero-order valence-electron chi connectivity index (χ0n) is 25.1. The minimum absolute atomic E-state index is 1.17. The van der Waals surface area contributed by atoms with Crippen LogP contribution in [0.3, 0.4) is 0 Å². The number of aromatic nitrogens is 2. The highest BCUT2D eigenvalue weighted by molar-refractivity contribution is 6.23. The highest BCUT2D eigenvalue weighted by Crippen LogP contribution is 2.45.